The Balaban J connectivity index is 2.05. The van der Waals surface area contributed by atoms with E-state index in [0.717, 1.165) is 26.1 Å². The van der Waals surface area contributed by atoms with Gasteiger partial charge in [0.15, 0.2) is 0 Å². The normalized spacial score (nSPS) is 10.7. The summed E-state index contributed by atoms with van der Waals surface area (Å²) in [7, 11) is 2.01. The highest BCUT2D eigenvalue weighted by atomic mass is 32.2. The molecule has 0 bridgehead atoms. The summed E-state index contributed by atoms with van der Waals surface area (Å²) < 4.78 is 0. The lowest BCUT2D eigenvalue weighted by molar-refractivity contribution is 0.606. The molecular weight excluding hydrogens is 228 g/mol. The Bertz CT molecular complexity index is 285. The van der Waals surface area contributed by atoms with Crippen molar-refractivity contribution in [2.75, 3.05) is 32.9 Å². The van der Waals surface area contributed by atoms with Crippen molar-refractivity contribution >= 4 is 11.8 Å². The zero-order valence-corrected chi connectivity index (χ0v) is 11.8. The maximum Gasteiger partial charge on any atom is 0.00693 e. The van der Waals surface area contributed by atoms with Gasteiger partial charge in [-0.25, -0.2) is 0 Å². The molecule has 96 valence electrons. The van der Waals surface area contributed by atoms with Crippen molar-refractivity contribution in [3.05, 3.63) is 29.8 Å². The lowest BCUT2D eigenvalue weighted by Crippen LogP contribution is -2.19. The molecule has 0 fully saturated rings. The van der Waals surface area contributed by atoms with E-state index in [9.17, 15) is 0 Å². The highest BCUT2D eigenvalue weighted by molar-refractivity contribution is 7.98. The van der Waals surface area contributed by atoms with Crippen LogP contribution in [0.15, 0.2) is 29.2 Å². The summed E-state index contributed by atoms with van der Waals surface area (Å²) in [4.78, 5) is 1.34. The van der Waals surface area contributed by atoms with E-state index in [4.69, 9.17) is 0 Å². The first-order chi connectivity index (χ1) is 8.36. The molecule has 1 aromatic rings. The van der Waals surface area contributed by atoms with Gasteiger partial charge in [0, 0.05) is 4.90 Å². The van der Waals surface area contributed by atoms with Gasteiger partial charge in [-0.3, -0.25) is 0 Å². The van der Waals surface area contributed by atoms with Gasteiger partial charge in [-0.15, -0.1) is 11.8 Å². The first-order valence-electron chi connectivity index (χ1n) is 6.35. The van der Waals surface area contributed by atoms with E-state index < -0.39 is 0 Å². The van der Waals surface area contributed by atoms with E-state index in [1.54, 1.807) is 11.8 Å². The molecule has 0 saturated heterocycles. The standard InChI is InChI=1S/C14H24N2S/c1-15-10-3-4-11-16-12-9-13-5-7-14(17-2)8-6-13/h5-8,15-16H,3-4,9-12H2,1-2H3. The van der Waals surface area contributed by atoms with E-state index in [1.807, 2.05) is 7.05 Å². The molecule has 0 aliphatic rings. The molecule has 1 aromatic carbocycles. The summed E-state index contributed by atoms with van der Waals surface area (Å²) in [6.45, 7) is 3.33. The molecule has 0 aliphatic carbocycles. The SMILES string of the molecule is CNCCCCNCCc1ccc(SC)cc1. The second kappa shape index (κ2) is 9.51. The summed E-state index contributed by atoms with van der Waals surface area (Å²) in [5.74, 6) is 0. The summed E-state index contributed by atoms with van der Waals surface area (Å²) in [5, 5.41) is 6.65. The van der Waals surface area contributed by atoms with Gasteiger partial charge in [-0.1, -0.05) is 12.1 Å². The summed E-state index contributed by atoms with van der Waals surface area (Å²) in [5.41, 5.74) is 1.42. The third-order valence-electron chi connectivity index (χ3n) is 2.78. The van der Waals surface area contributed by atoms with E-state index in [2.05, 4.69) is 41.2 Å². The molecule has 0 aromatic heterocycles. The Labute approximate surface area is 110 Å². The fourth-order valence-corrected chi connectivity index (χ4v) is 2.11. The molecule has 2 nitrogen and oxygen atoms in total. The number of nitrogens with one attached hydrogen (secondary N) is 2. The molecule has 0 spiro atoms. The molecule has 0 aliphatic heterocycles. The first-order valence-corrected chi connectivity index (χ1v) is 7.57. The van der Waals surface area contributed by atoms with Gasteiger partial charge in [0.2, 0.25) is 0 Å². The Morgan fingerprint density at radius 1 is 1.00 bits per heavy atom. The molecule has 3 heteroatoms. The molecule has 1 rings (SSSR count). The van der Waals surface area contributed by atoms with Crippen LogP contribution in [0.1, 0.15) is 18.4 Å². The van der Waals surface area contributed by atoms with Crippen molar-refractivity contribution < 1.29 is 0 Å². The number of hydrogen-bond acceptors (Lipinski definition) is 3. The van der Waals surface area contributed by atoms with Crippen LogP contribution < -0.4 is 10.6 Å². The van der Waals surface area contributed by atoms with Crippen molar-refractivity contribution in [1.82, 2.24) is 10.6 Å². The van der Waals surface area contributed by atoms with E-state index >= 15 is 0 Å². The maximum absolute atomic E-state index is 3.49. The lowest BCUT2D eigenvalue weighted by atomic mass is 10.1. The third-order valence-corrected chi connectivity index (χ3v) is 3.52. The van der Waals surface area contributed by atoms with E-state index in [1.165, 1.54) is 23.3 Å². The van der Waals surface area contributed by atoms with Crippen LogP contribution in [0, 0.1) is 0 Å². The Kier molecular flexibility index (Phi) is 8.14. The second-order valence-electron chi connectivity index (χ2n) is 4.16. The number of benzene rings is 1. The Morgan fingerprint density at radius 2 is 1.71 bits per heavy atom. The van der Waals surface area contributed by atoms with Crippen LogP contribution in [-0.4, -0.2) is 32.9 Å². The predicted molar refractivity (Wildman–Crippen MR) is 78.0 cm³/mol. The van der Waals surface area contributed by atoms with Crippen molar-refractivity contribution in [2.45, 2.75) is 24.2 Å². The molecule has 0 atom stereocenters. The minimum absolute atomic E-state index is 1.08. The molecular formula is C14H24N2S. The number of thioether (sulfide) groups is 1. The van der Waals surface area contributed by atoms with Gasteiger partial charge >= 0.3 is 0 Å². The minimum atomic E-state index is 1.08. The van der Waals surface area contributed by atoms with Gasteiger partial charge in [0.05, 0.1) is 0 Å². The van der Waals surface area contributed by atoms with E-state index in [0.29, 0.717) is 0 Å². The number of unbranched alkanes of at least 4 members (excludes halogenated alkanes) is 1. The Hall–Kier alpha value is -0.510. The summed E-state index contributed by atoms with van der Waals surface area (Å²) in [6.07, 6.45) is 5.75. The smallest absolute Gasteiger partial charge is 0.00693 e. The second-order valence-corrected chi connectivity index (χ2v) is 5.04. The van der Waals surface area contributed by atoms with E-state index in [-0.39, 0.29) is 0 Å². The van der Waals surface area contributed by atoms with Crippen molar-refractivity contribution in [3.63, 3.8) is 0 Å². The fourth-order valence-electron chi connectivity index (χ4n) is 1.70. The predicted octanol–water partition coefficient (Wildman–Crippen LogP) is 2.54. The quantitative estimate of drug-likeness (QED) is 0.522. The van der Waals surface area contributed by atoms with Gasteiger partial charge < -0.3 is 10.6 Å². The van der Waals surface area contributed by atoms with Crippen LogP contribution in [0.2, 0.25) is 0 Å². The molecule has 0 radical (unpaired) electrons. The van der Waals surface area contributed by atoms with Crippen molar-refractivity contribution in [2.24, 2.45) is 0 Å². The van der Waals surface area contributed by atoms with Crippen LogP contribution in [0.25, 0.3) is 0 Å². The van der Waals surface area contributed by atoms with Crippen LogP contribution in [0.5, 0.6) is 0 Å². The summed E-state index contributed by atoms with van der Waals surface area (Å²) in [6, 6.07) is 8.86. The minimum Gasteiger partial charge on any atom is -0.320 e. The van der Waals surface area contributed by atoms with Crippen LogP contribution in [-0.2, 0) is 6.42 Å². The van der Waals surface area contributed by atoms with Gasteiger partial charge in [-0.05, 0) is 69.9 Å². The van der Waals surface area contributed by atoms with Crippen LogP contribution in [0.4, 0.5) is 0 Å². The number of rotatable bonds is 9. The average molecular weight is 252 g/mol. The molecule has 2 N–H and O–H groups in total. The average Bonchev–Trinajstić information content (AvgIpc) is 2.38. The molecule has 17 heavy (non-hydrogen) atoms. The Morgan fingerprint density at radius 3 is 2.35 bits per heavy atom. The zero-order valence-electron chi connectivity index (χ0n) is 11.0. The lowest BCUT2D eigenvalue weighted by Gasteiger charge is -2.05. The van der Waals surface area contributed by atoms with Crippen LogP contribution >= 0.6 is 11.8 Å². The molecule has 0 unspecified atom stereocenters. The highest BCUT2D eigenvalue weighted by Crippen LogP contribution is 2.14. The number of hydrogen-bond donors (Lipinski definition) is 2. The van der Waals surface area contributed by atoms with Gasteiger partial charge in [0.25, 0.3) is 0 Å². The molecule has 0 saturated carbocycles. The third kappa shape index (κ3) is 6.71. The van der Waals surface area contributed by atoms with Gasteiger partial charge in [-0.2, -0.15) is 0 Å². The van der Waals surface area contributed by atoms with Crippen LogP contribution in [0.3, 0.4) is 0 Å². The van der Waals surface area contributed by atoms with Gasteiger partial charge in [0.1, 0.15) is 0 Å². The topological polar surface area (TPSA) is 24.1 Å². The van der Waals surface area contributed by atoms with Crippen molar-refractivity contribution in [1.29, 1.82) is 0 Å². The monoisotopic (exact) mass is 252 g/mol. The summed E-state index contributed by atoms with van der Waals surface area (Å²) >= 11 is 1.80. The fraction of sp³-hybridized carbons (Fsp3) is 0.571. The largest absolute Gasteiger partial charge is 0.320 e. The molecule has 0 amide bonds. The highest BCUT2D eigenvalue weighted by Gasteiger charge is 1.94. The van der Waals surface area contributed by atoms with Crippen molar-refractivity contribution in [3.8, 4) is 0 Å². The molecule has 0 heterocycles. The first kappa shape index (κ1) is 14.6. The zero-order chi connectivity index (χ0) is 12.3. The maximum atomic E-state index is 3.49.